The van der Waals surface area contributed by atoms with E-state index < -0.39 is 115 Å². The number of rotatable bonds is 9. The number of fused-ring (bicyclic) bond motifs is 2. The number of nitrogens with one attached hydrogen (secondary N) is 5. The molecule has 12 N–H and O–H groups in total. The Bertz CT molecular complexity index is 1630. The molecule has 21 heteroatoms. The Kier molecular flexibility index (Phi) is 15.1. The number of aryl methyl sites for hydroxylation is 1. The zero-order valence-corrected chi connectivity index (χ0v) is 30.7. The third kappa shape index (κ3) is 10.7. The average molecular weight is 791 g/mol. The Morgan fingerprint density at radius 3 is 2.20 bits per heavy atom. The number of aliphatic hydroxyl groups excluding tert-OH is 4. The van der Waals surface area contributed by atoms with Gasteiger partial charge >= 0.3 is 0 Å². The second kappa shape index (κ2) is 19.5. The lowest BCUT2D eigenvalue weighted by Gasteiger charge is -2.33. The third-order valence-electron chi connectivity index (χ3n) is 10.1. The normalized spacial score (nSPS) is 30.5. The monoisotopic (exact) mass is 790 g/mol. The maximum absolute atomic E-state index is 14.1. The van der Waals surface area contributed by atoms with Gasteiger partial charge in [-0.25, -0.2) is 0 Å². The van der Waals surface area contributed by atoms with Crippen LogP contribution in [0.15, 0.2) is 24.3 Å². The van der Waals surface area contributed by atoms with E-state index in [-0.39, 0.29) is 57.4 Å². The van der Waals surface area contributed by atoms with E-state index >= 15 is 0 Å². The van der Waals surface area contributed by atoms with Crippen LogP contribution in [-0.4, -0.2) is 157 Å². The number of carbonyl (C=O) groups is 8. The summed E-state index contributed by atoms with van der Waals surface area (Å²) >= 11 is 0. The SMILES string of the molecule is CCC1NC(=O)[C@@H](NC=O)C[C@@H](O)[C@@H](O)NC(=O)C2[C@@H](O)CCN2C(=O)[C@H]([C@H](O)CC(N)=O)NC(=O)C(CCc2ccc(O)cc2)NC(=O)C2CCCN2C1=O. The van der Waals surface area contributed by atoms with Gasteiger partial charge in [0.2, 0.25) is 47.8 Å². The highest BCUT2D eigenvalue weighted by Crippen LogP contribution is 2.23. The Balaban J connectivity index is 1.76. The summed E-state index contributed by atoms with van der Waals surface area (Å²) in [5.74, 6) is -6.76. The number of nitrogens with two attached hydrogens (primary N) is 1. The van der Waals surface area contributed by atoms with Crippen molar-refractivity contribution in [3.05, 3.63) is 29.8 Å². The third-order valence-corrected chi connectivity index (χ3v) is 10.1. The molecule has 3 aliphatic rings. The number of nitrogens with zero attached hydrogens (tertiary/aromatic N) is 2. The van der Waals surface area contributed by atoms with Crippen LogP contribution in [0.2, 0.25) is 0 Å². The maximum atomic E-state index is 14.1. The van der Waals surface area contributed by atoms with Crippen molar-refractivity contribution < 1.29 is 63.9 Å². The minimum Gasteiger partial charge on any atom is -0.508 e. The average Bonchev–Trinajstić information content (AvgIpc) is 3.80. The van der Waals surface area contributed by atoms with Crippen LogP contribution in [0, 0.1) is 0 Å². The Labute approximate surface area is 321 Å². The largest absolute Gasteiger partial charge is 0.508 e. The summed E-state index contributed by atoms with van der Waals surface area (Å²) in [7, 11) is 0. The maximum Gasteiger partial charge on any atom is 0.248 e. The molecular weight excluding hydrogens is 740 g/mol. The van der Waals surface area contributed by atoms with Crippen molar-refractivity contribution in [1.29, 1.82) is 0 Å². The van der Waals surface area contributed by atoms with E-state index in [1.807, 2.05) is 0 Å². The van der Waals surface area contributed by atoms with Crippen LogP contribution in [0.5, 0.6) is 5.75 Å². The number of hydrogen-bond donors (Lipinski definition) is 11. The molecule has 4 unspecified atom stereocenters. The molecule has 1 aromatic carbocycles. The molecule has 3 aliphatic heterocycles. The van der Waals surface area contributed by atoms with Crippen molar-refractivity contribution in [1.82, 2.24) is 36.4 Å². The minimum atomic E-state index is -2.12. The number of phenolic OH excluding ortho intramolecular Hbond substituents is 1. The molecule has 3 saturated heterocycles. The molecule has 0 saturated carbocycles. The van der Waals surface area contributed by atoms with Gasteiger partial charge in [-0.1, -0.05) is 19.1 Å². The van der Waals surface area contributed by atoms with Crippen LogP contribution in [0.3, 0.4) is 0 Å². The van der Waals surface area contributed by atoms with Gasteiger partial charge in [-0.15, -0.1) is 0 Å². The van der Waals surface area contributed by atoms with E-state index in [0.29, 0.717) is 12.0 Å². The van der Waals surface area contributed by atoms with Crippen molar-refractivity contribution in [3.8, 4) is 5.75 Å². The molecule has 8 amide bonds. The number of primary amides is 1. The molecule has 4 rings (SSSR count). The van der Waals surface area contributed by atoms with E-state index in [4.69, 9.17) is 5.73 Å². The van der Waals surface area contributed by atoms with Gasteiger partial charge in [0.15, 0.2) is 6.23 Å². The molecule has 3 fully saturated rings. The molecule has 21 nitrogen and oxygen atoms in total. The number of aliphatic hydroxyl groups is 4. The second-order valence-electron chi connectivity index (χ2n) is 14.1. The highest BCUT2D eigenvalue weighted by atomic mass is 16.3. The summed E-state index contributed by atoms with van der Waals surface area (Å²) in [6, 6.07) is -3.02. The minimum absolute atomic E-state index is 0.0180. The molecule has 0 aliphatic carbocycles. The van der Waals surface area contributed by atoms with Crippen molar-refractivity contribution in [2.45, 2.75) is 119 Å². The Morgan fingerprint density at radius 2 is 1.55 bits per heavy atom. The molecule has 10 atom stereocenters. The van der Waals surface area contributed by atoms with Gasteiger partial charge in [0.1, 0.15) is 48.1 Å². The first-order chi connectivity index (χ1) is 26.6. The summed E-state index contributed by atoms with van der Waals surface area (Å²) < 4.78 is 0. The molecular formula is C35H50N8O13. The molecule has 308 valence electrons. The van der Waals surface area contributed by atoms with E-state index in [2.05, 4.69) is 26.6 Å². The zero-order chi connectivity index (χ0) is 41.3. The van der Waals surface area contributed by atoms with Gasteiger partial charge in [-0.2, -0.15) is 0 Å². The molecule has 0 radical (unpaired) electrons. The van der Waals surface area contributed by atoms with Crippen LogP contribution < -0.4 is 32.3 Å². The fourth-order valence-electron chi connectivity index (χ4n) is 7.07. The van der Waals surface area contributed by atoms with Crippen LogP contribution in [-0.2, 0) is 44.8 Å². The molecule has 0 bridgehead atoms. The molecule has 0 spiro atoms. The number of aromatic hydroxyl groups is 1. The summed E-state index contributed by atoms with van der Waals surface area (Å²) in [6.45, 7) is 1.39. The first kappa shape index (κ1) is 43.3. The first-order valence-electron chi connectivity index (χ1n) is 18.4. The van der Waals surface area contributed by atoms with Gasteiger partial charge in [0.25, 0.3) is 0 Å². The quantitative estimate of drug-likeness (QED) is 0.104. The Morgan fingerprint density at radius 1 is 0.875 bits per heavy atom. The van der Waals surface area contributed by atoms with Crippen LogP contribution in [0.1, 0.15) is 57.4 Å². The van der Waals surface area contributed by atoms with Crippen molar-refractivity contribution in [2.24, 2.45) is 5.73 Å². The molecule has 56 heavy (non-hydrogen) atoms. The second-order valence-corrected chi connectivity index (χ2v) is 14.1. The lowest BCUT2D eigenvalue weighted by atomic mass is 10.0. The summed E-state index contributed by atoms with van der Waals surface area (Å²) in [6.07, 6.45) is -8.48. The predicted octanol–water partition coefficient (Wildman–Crippen LogP) is -5.31. The van der Waals surface area contributed by atoms with E-state index in [1.165, 1.54) is 17.0 Å². The van der Waals surface area contributed by atoms with Gasteiger partial charge in [0.05, 0.1) is 18.6 Å². The van der Waals surface area contributed by atoms with Gasteiger partial charge in [-0.05, 0) is 56.2 Å². The van der Waals surface area contributed by atoms with Crippen molar-refractivity contribution in [3.63, 3.8) is 0 Å². The van der Waals surface area contributed by atoms with Crippen LogP contribution in [0.25, 0.3) is 0 Å². The molecule has 1 aromatic rings. The van der Waals surface area contributed by atoms with Crippen molar-refractivity contribution >= 4 is 47.8 Å². The first-order valence-corrected chi connectivity index (χ1v) is 18.4. The lowest BCUT2D eigenvalue weighted by Crippen LogP contribution is -2.62. The van der Waals surface area contributed by atoms with Crippen LogP contribution in [0.4, 0.5) is 0 Å². The highest BCUT2D eigenvalue weighted by molar-refractivity contribution is 5.97. The number of amides is 8. The smallest absolute Gasteiger partial charge is 0.248 e. The van der Waals surface area contributed by atoms with Crippen LogP contribution >= 0.6 is 0 Å². The summed E-state index contributed by atoms with van der Waals surface area (Å²) in [5, 5.41) is 64.8. The fraction of sp³-hybridized carbons (Fsp3) is 0.600. The summed E-state index contributed by atoms with van der Waals surface area (Å²) in [4.78, 5) is 108. The lowest BCUT2D eigenvalue weighted by molar-refractivity contribution is -0.148. The zero-order valence-electron chi connectivity index (χ0n) is 30.7. The molecule has 0 aromatic heterocycles. The predicted molar refractivity (Wildman–Crippen MR) is 191 cm³/mol. The van der Waals surface area contributed by atoms with E-state index in [0.717, 1.165) is 4.90 Å². The summed E-state index contributed by atoms with van der Waals surface area (Å²) in [5.41, 5.74) is 5.94. The van der Waals surface area contributed by atoms with Crippen molar-refractivity contribution in [2.75, 3.05) is 13.1 Å². The number of carbonyl (C=O) groups excluding carboxylic acids is 8. The number of hydrogen-bond acceptors (Lipinski definition) is 13. The van der Waals surface area contributed by atoms with E-state index in [1.54, 1.807) is 19.1 Å². The molecule has 3 heterocycles. The highest BCUT2D eigenvalue weighted by Gasteiger charge is 2.46. The van der Waals surface area contributed by atoms with Gasteiger partial charge in [-0.3, -0.25) is 38.4 Å². The topological polar surface area (TPSA) is 330 Å². The Hall–Kier alpha value is -5.38. The van der Waals surface area contributed by atoms with Gasteiger partial charge in [0, 0.05) is 19.5 Å². The number of benzene rings is 1. The standard InChI is InChI=1S/C35H50N8O13/c1-2-19-34(55)42-12-3-4-22(42)31(52)39-20(10-7-17-5-8-18(45)9-6-17)29(50)40-27(24(47)15-26(36)49)35(56)43-13-11-23(46)28(43)33(54)41-32(53)25(48)14-21(37-16-44)30(51)38-19/h5-6,8-9,16,19-25,27-28,32,45-48,53H,2-4,7,10-15H2,1H3,(H2,36,49)(H,37,44)(H,38,51)(H,39,52)(H,40,50)(H,41,54)/t19?,20?,21-,22?,23-,24+,25+,27-,28?,32+/m0/s1. The van der Waals surface area contributed by atoms with Gasteiger partial charge < -0.3 is 67.7 Å². The fourth-order valence-corrected chi connectivity index (χ4v) is 7.07. The number of phenols is 1. The van der Waals surface area contributed by atoms with E-state index in [9.17, 15) is 63.9 Å².